The lowest BCUT2D eigenvalue weighted by Gasteiger charge is -2.21. The number of hydrogen-bond acceptors (Lipinski definition) is 7. The lowest BCUT2D eigenvalue weighted by atomic mass is 10.2. The Morgan fingerprint density at radius 2 is 2.07 bits per heavy atom. The molecule has 3 aromatic rings. The van der Waals surface area contributed by atoms with Crippen LogP contribution in [0.1, 0.15) is 34.5 Å². The van der Waals surface area contributed by atoms with Gasteiger partial charge in [0, 0.05) is 25.3 Å². The van der Waals surface area contributed by atoms with Gasteiger partial charge in [-0.15, -0.1) is 11.3 Å². The van der Waals surface area contributed by atoms with Crippen LogP contribution in [-0.2, 0) is 16.2 Å². The number of rotatable bonds is 7. The first-order valence-electron chi connectivity index (χ1n) is 9.45. The molecule has 4 rings (SSSR count). The maximum atomic E-state index is 12.3. The number of ether oxygens (including phenoxy) is 2. The highest BCUT2D eigenvalue weighted by Crippen LogP contribution is 2.26. The van der Waals surface area contributed by atoms with Crippen LogP contribution < -0.4 is 10.2 Å². The van der Waals surface area contributed by atoms with Crippen LogP contribution in [0.5, 0.6) is 5.88 Å². The summed E-state index contributed by atoms with van der Waals surface area (Å²) in [6.45, 7) is 1.08. The molecule has 1 aromatic carbocycles. The number of benzene rings is 1. The van der Waals surface area contributed by atoms with E-state index in [4.69, 9.17) is 14.3 Å². The number of hydroxylamine groups is 1. The third-order valence-electron chi connectivity index (χ3n) is 4.33. The molecule has 2 aromatic heterocycles. The van der Waals surface area contributed by atoms with E-state index in [-0.39, 0.29) is 12.2 Å². The standard InChI is InChI=1S/C21H21N3O4S/c25-21(24-28-19-8-4-5-13-26-19)17-10-9-16(29-17)20-22-12-11-18(23-20)27-14-15-6-2-1-3-7-15/h1-3,6-7,9-12,19H,4-5,8,13-14H2,(H,24,25). The molecule has 3 heterocycles. The molecule has 29 heavy (non-hydrogen) atoms. The summed E-state index contributed by atoms with van der Waals surface area (Å²) >= 11 is 1.29. The van der Waals surface area contributed by atoms with Crippen molar-refractivity contribution in [1.29, 1.82) is 0 Å². The molecule has 0 aliphatic carbocycles. The highest BCUT2D eigenvalue weighted by Gasteiger charge is 2.18. The van der Waals surface area contributed by atoms with Crippen LogP contribution in [0.4, 0.5) is 0 Å². The zero-order valence-electron chi connectivity index (χ0n) is 15.7. The Bertz CT molecular complexity index is 942. The van der Waals surface area contributed by atoms with Gasteiger partial charge in [-0.25, -0.2) is 15.3 Å². The number of carbonyl (C=O) groups excluding carboxylic acids is 1. The van der Waals surface area contributed by atoms with Crippen molar-refractivity contribution in [2.24, 2.45) is 0 Å². The molecule has 0 spiro atoms. The SMILES string of the molecule is O=C(NOC1CCCCO1)c1ccc(-c2nccc(OCc3ccccc3)n2)s1. The normalized spacial score (nSPS) is 16.3. The van der Waals surface area contributed by atoms with E-state index in [0.717, 1.165) is 29.7 Å². The monoisotopic (exact) mass is 411 g/mol. The minimum atomic E-state index is -0.381. The number of carbonyl (C=O) groups is 1. The molecule has 150 valence electrons. The molecule has 1 aliphatic heterocycles. The Hall–Kier alpha value is -2.81. The maximum absolute atomic E-state index is 12.3. The predicted octanol–water partition coefficient (Wildman–Crippen LogP) is 3.97. The first kappa shape index (κ1) is 19.5. The van der Waals surface area contributed by atoms with E-state index in [0.29, 0.717) is 29.8 Å². The fourth-order valence-electron chi connectivity index (χ4n) is 2.83. The van der Waals surface area contributed by atoms with Crippen molar-refractivity contribution >= 4 is 17.2 Å². The van der Waals surface area contributed by atoms with Gasteiger partial charge in [0.25, 0.3) is 5.91 Å². The van der Waals surface area contributed by atoms with E-state index in [9.17, 15) is 4.79 Å². The molecular weight excluding hydrogens is 390 g/mol. The molecule has 1 N–H and O–H groups in total. The van der Waals surface area contributed by atoms with Crippen molar-refractivity contribution in [3.8, 4) is 16.6 Å². The second kappa shape index (κ2) is 9.60. The van der Waals surface area contributed by atoms with E-state index < -0.39 is 0 Å². The van der Waals surface area contributed by atoms with Gasteiger partial charge >= 0.3 is 0 Å². The van der Waals surface area contributed by atoms with Crippen LogP contribution in [0.15, 0.2) is 54.7 Å². The Morgan fingerprint density at radius 3 is 2.90 bits per heavy atom. The number of nitrogens with one attached hydrogen (secondary N) is 1. The number of aromatic nitrogens is 2. The molecule has 1 saturated heterocycles. The van der Waals surface area contributed by atoms with Crippen molar-refractivity contribution in [3.63, 3.8) is 0 Å². The van der Waals surface area contributed by atoms with Crippen LogP contribution >= 0.6 is 11.3 Å². The molecule has 1 fully saturated rings. The minimum absolute atomic E-state index is 0.313. The third-order valence-corrected chi connectivity index (χ3v) is 5.41. The first-order chi connectivity index (χ1) is 14.3. The number of thiophene rings is 1. The summed E-state index contributed by atoms with van der Waals surface area (Å²) in [5.74, 6) is 0.680. The average Bonchev–Trinajstić information content (AvgIpc) is 3.28. The highest BCUT2D eigenvalue weighted by atomic mass is 32.1. The smallest absolute Gasteiger partial charge is 0.285 e. The van der Waals surface area contributed by atoms with Crippen molar-refractivity contribution in [3.05, 3.63) is 65.2 Å². The zero-order valence-corrected chi connectivity index (χ0v) is 16.6. The molecule has 0 saturated carbocycles. The molecule has 1 amide bonds. The molecule has 0 bridgehead atoms. The topological polar surface area (TPSA) is 82.6 Å². The Balaban J connectivity index is 1.36. The van der Waals surface area contributed by atoms with Gasteiger partial charge in [-0.1, -0.05) is 30.3 Å². The molecule has 8 heteroatoms. The number of hydrogen-bond donors (Lipinski definition) is 1. The third kappa shape index (κ3) is 5.38. The van der Waals surface area contributed by atoms with Gasteiger partial charge in [0.1, 0.15) is 6.61 Å². The van der Waals surface area contributed by atoms with E-state index in [1.54, 1.807) is 18.3 Å². The Morgan fingerprint density at radius 1 is 1.17 bits per heavy atom. The summed E-state index contributed by atoms with van der Waals surface area (Å²) in [5, 5.41) is 0. The van der Waals surface area contributed by atoms with Crippen molar-refractivity contribution in [1.82, 2.24) is 15.4 Å². The summed E-state index contributed by atoms with van der Waals surface area (Å²) in [5.41, 5.74) is 3.52. The van der Waals surface area contributed by atoms with Gasteiger partial charge in [0.05, 0.1) is 9.75 Å². The molecule has 1 unspecified atom stereocenters. The largest absolute Gasteiger partial charge is 0.473 e. The second-order valence-electron chi connectivity index (χ2n) is 6.50. The zero-order chi connectivity index (χ0) is 19.9. The molecule has 0 radical (unpaired) electrons. The van der Waals surface area contributed by atoms with Crippen LogP contribution in [0.2, 0.25) is 0 Å². The van der Waals surface area contributed by atoms with Gasteiger partial charge in [0.15, 0.2) is 12.1 Å². The van der Waals surface area contributed by atoms with E-state index >= 15 is 0 Å². The lowest BCUT2D eigenvalue weighted by molar-refractivity contribution is -0.186. The van der Waals surface area contributed by atoms with E-state index in [1.165, 1.54) is 11.3 Å². The number of nitrogens with zero attached hydrogens (tertiary/aromatic N) is 2. The van der Waals surface area contributed by atoms with Crippen LogP contribution in [0, 0.1) is 0 Å². The summed E-state index contributed by atoms with van der Waals surface area (Å²) < 4.78 is 11.2. The van der Waals surface area contributed by atoms with Crippen LogP contribution in [0.25, 0.3) is 10.7 Å². The quantitative estimate of drug-likeness (QED) is 0.593. The average molecular weight is 411 g/mol. The van der Waals surface area contributed by atoms with Gasteiger partial charge in [-0.3, -0.25) is 4.79 Å². The Labute approximate surface area is 172 Å². The molecule has 7 nitrogen and oxygen atoms in total. The minimum Gasteiger partial charge on any atom is -0.473 e. The van der Waals surface area contributed by atoms with E-state index in [1.807, 2.05) is 36.4 Å². The van der Waals surface area contributed by atoms with Crippen LogP contribution in [0.3, 0.4) is 0 Å². The summed E-state index contributed by atoms with van der Waals surface area (Å²) in [4.78, 5) is 27.7. The highest BCUT2D eigenvalue weighted by molar-refractivity contribution is 7.17. The van der Waals surface area contributed by atoms with Gasteiger partial charge < -0.3 is 9.47 Å². The van der Waals surface area contributed by atoms with Crippen LogP contribution in [-0.4, -0.2) is 28.8 Å². The van der Waals surface area contributed by atoms with Gasteiger partial charge in [-0.2, -0.15) is 4.98 Å². The van der Waals surface area contributed by atoms with Crippen molar-refractivity contribution in [2.75, 3.05) is 6.61 Å². The summed E-state index contributed by atoms with van der Waals surface area (Å²) in [6, 6.07) is 15.1. The first-order valence-corrected chi connectivity index (χ1v) is 10.3. The lowest BCUT2D eigenvalue weighted by Crippen LogP contribution is -2.32. The molecular formula is C21H21N3O4S. The Kier molecular flexibility index (Phi) is 6.45. The van der Waals surface area contributed by atoms with E-state index in [2.05, 4.69) is 15.4 Å². The second-order valence-corrected chi connectivity index (χ2v) is 7.59. The van der Waals surface area contributed by atoms with Crippen molar-refractivity contribution < 1.29 is 19.1 Å². The summed E-state index contributed by atoms with van der Waals surface area (Å²) in [7, 11) is 0. The van der Waals surface area contributed by atoms with Gasteiger partial charge in [0.2, 0.25) is 5.88 Å². The predicted molar refractivity (Wildman–Crippen MR) is 108 cm³/mol. The van der Waals surface area contributed by atoms with Crippen molar-refractivity contribution in [2.45, 2.75) is 32.2 Å². The van der Waals surface area contributed by atoms with Gasteiger partial charge in [-0.05, 0) is 30.5 Å². The molecule has 1 aliphatic rings. The summed E-state index contributed by atoms with van der Waals surface area (Å²) in [6.07, 6.45) is 4.10. The molecule has 1 atom stereocenters. The fourth-order valence-corrected chi connectivity index (χ4v) is 3.66. The maximum Gasteiger partial charge on any atom is 0.285 e. The number of amides is 1. The fraction of sp³-hybridized carbons (Fsp3) is 0.286.